The second-order valence-corrected chi connectivity index (χ2v) is 7.91. The molecule has 2 aliphatic rings. The SMILES string of the molecule is Cc1ccc(C2C=C[C@]3(C)CN(C)C(=O)C3C2c2ccccc2)cc1. The highest BCUT2D eigenvalue weighted by Gasteiger charge is 2.54. The molecule has 4 atom stereocenters. The Morgan fingerprint density at radius 1 is 1.00 bits per heavy atom. The molecule has 1 aliphatic heterocycles. The molecule has 2 nitrogen and oxygen atoms in total. The van der Waals surface area contributed by atoms with Crippen LogP contribution in [0.25, 0.3) is 0 Å². The van der Waals surface area contributed by atoms with E-state index in [0.717, 1.165) is 6.54 Å². The molecule has 0 bridgehead atoms. The maximum atomic E-state index is 13.1. The van der Waals surface area contributed by atoms with E-state index in [9.17, 15) is 4.79 Å². The molecule has 0 aromatic heterocycles. The Bertz CT molecular complexity index is 808. The molecule has 0 saturated carbocycles. The number of fused-ring (bicyclic) bond motifs is 1. The molecular formula is C23H25NO. The standard InChI is InChI=1S/C23H25NO/c1-16-9-11-17(12-10-16)19-13-14-23(2)15-24(3)22(25)21(23)20(19)18-7-5-4-6-8-18/h4-14,19-21H,15H2,1-3H3/t19?,20?,21?,23-/m1/s1. The molecule has 1 fully saturated rings. The largest absolute Gasteiger partial charge is 0.345 e. The van der Waals surface area contributed by atoms with E-state index in [4.69, 9.17) is 0 Å². The van der Waals surface area contributed by atoms with Gasteiger partial charge in [0, 0.05) is 30.8 Å². The molecule has 1 aliphatic carbocycles. The van der Waals surface area contributed by atoms with Crippen molar-refractivity contribution < 1.29 is 4.79 Å². The summed E-state index contributed by atoms with van der Waals surface area (Å²) in [7, 11) is 1.93. The molecule has 0 spiro atoms. The van der Waals surface area contributed by atoms with Crippen molar-refractivity contribution in [2.75, 3.05) is 13.6 Å². The summed E-state index contributed by atoms with van der Waals surface area (Å²) < 4.78 is 0. The maximum absolute atomic E-state index is 13.1. The van der Waals surface area contributed by atoms with Crippen molar-refractivity contribution in [3.8, 4) is 0 Å². The maximum Gasteiger partial charge on any atom is 0.227 e. The van der Waals surface area contributed by atoms with Gasteiger partial charge in [0.1, 0.15) is 0 Å². The molecule has 4 rings (SSSR count). The van der Waals surface area contributed by atoms with Crippen LogP contribution in [-0.2, 0) is 4.79 Å². The molecular weight excluding hydrogens is 306 g/mol. The summed E-state index contributed by atoms with van der Waals surface area (Å²) in [6.45, 7) is 5.15. The molecule has 3 unspecified atom stereocenters. The first-order chi connectivity index (χ1) is 12.0. The van der Waals surface area contributed by atoms with Crippen molar-refractivity contribution in [2.24, 2.45) is 11.3 Å². The minimum absolute atomic E-state index is 0.00352. The molecule has 0 radical (unpaired) electrons. The summed E-state index contributed by atoms with van der Waals surface area (Å²) in [6, 6.07) is 19.3. The van der Waals surface area contributed by atoms with Gasteiger partial charge < -0.3 is 4.90 Å². The molecule has 1 saturated heterocycles. The average molecular weight is 331 g/mol. The Kier molecular flexibility index (Phi) is 3.79. The second-order valence-electron chi connectivity index (χ2n) is 7.91. The third-order valence-electron chi connectivity index (χ3n) is 6.01. The smallest absolute Gasteiger partial charge is 0.227 e. The third kappa shape index (κ3) is 2.60. The van der Waals surface area contributed by atoms with Crippen LogP contribution in [0.4, 0.5) is 0 Å². The number of allylic oxidation sites excluding steroid dienone is 1. The Morgan fingerprint density at radius 2 is 1.68 bits per heavy atom. The van der Waals surface area contributed by atoms with Crippen LogP contribution in [0.5, 0.6) is 0 Å². The lowest BCUT2D eigenvalue weighted by molar-refractivity contribution is -0.131. The van der Waals surface area contributed by atoms with Crippen molar-refractivity contribution in [2.45, 2.75) is 25.7 Å². The monoisotopic (exact) mass is 331 g/mol. The van der Waals surface area contributed by atoms with Crippen molar-refractivity contribution in [1.29, 1.82) is 0 Å². The summed E-state index contributed by atoms with van der Waals surface area (Å²) in [5, 5.41) is 0. The Balaban J connectivity index is 1.86. The van der Waals surface area contributed by atoms with Gasteiger partial charge in [0.2, 0.25) is 5.91 Å². The summed E-state index contributed by atoms with van der Waals surface area (Å²) >= 11 is 0. The zero-order valence-electron chi connectivity index (χ0n) is 15.1. The molecule has 2 aromatic carbocycles. The zero-order chi connectivity index (χ0) is 17.6. The number of nitrogens with zero attached hydrogens (tertiary/aromatic N) is 1. The van der Waals surface area contributed by atoms with Crippen LogP contribution < -0.4 is 0 Å². The van der Waals surface area contributed by atoms with Gasteiger partial charge in [-0.25, -0.2) is 0 Å². The summed E-state index contributed by atoms with van der Waals surface area (Å²) in [5.74, 6) is 0.682. The first-order valence-electron chi connectivity index (χ1n) is 9.05. The van der Waals surface area contributed by atoms with Crippen LogP contribution in [0, 0.1) is 18.3 Å². The van der Waals surface area contributed by atoms with Gasteiger partial charge in [0.05, 0.1) is 5.92 Å². The van der Waals surface area contributed by atoms with Gasteiger partial charge in [-0.05, 0) is 18.1 Å². The highest BCUT2D eigenvalue weighted by Crippen LogP contribution is 2.54. The van der Waals surface area contributed by atoms with Crippen molar-refractivity contribution in [1.82, 2.24) is 4.90 Å². The van der Waals surface area contributed by atoms with E-state index in [1.165, 1.54) is 16.7 Å². The lowest BCUT2D eigenvalue weighted by atomic mass is 9.61. The lowest BCUT2D eigenvalue weighted by Gasteiger charge is -2.40. The molecule has 1 heterocycles. The minimum atomic E-state index is -0.0897. The van der Waals surface area contributed by atoms with Gasteiger partial charge in [0.25, 0.3) is 0 Å². The average Bonchev–Trinajstić information content (AvgIpc) is 2.85. The topological polar surface area (TPSA) is 20.3 Å². The van der Waals surface area contributed by atoms with Crippen LogP contribution in [0.15, 0.2) is 66.7 Å². The van der Waals surface area contributed by atoms with E-state index >= 15 is 0 Å². The lowest BCUT2D eigenvalue weighted by Crippen LogP contribution is -2.37. The van der Waals surface area contributed by atoms with E-state index in [1.807, 2.05) is 18.0 Å². The van der Waals surface area contributed by atoms with Gasteiger partial charge >= 0.3 is 0 Å². The predicted molar refractivity (Wildman–Crippen MR) is 101 cm³/mol. The zero-order valence-corrected chi connectivity index (χ0v) is 15.1. The van der Waals surface area contributed by atoms with E-state index < -0.39 is 0 Å². The Labute approximate surface area is 150 Å². The Morgan fingerprint density at radius 3 is 2.36 bits per heavy atom. The molecule has 0 N–H and O–H groups in total. The van der Waals surface area contributed by atoms with Crippen molar-refractivity contribution in [3.05, 3.63) is 83.4 Å². The molecule has 1 amide bonds. The fourth-order valence-electron chi connectivity index (χ4n) is 4.76. The van der Waals surface area contributed by atoms with Gasteiger partial charge in [-0.2, -0.15) is 0 Å². The van der Waals surface area contributed by atoms with Crippen LogP contribution in [0.1, 0.15) is 35.4 Å². The number of hydrogen-bond donors (Lipinski definition) is 0. The first-order valence-corrected chi connectivity index (χ1v) is 9.05. The number of aryl methyl sites for hydroxylation is 1. The quantitative estimate of drug-likeness (QED) is 0.741. The van der Waals surface area contributed by atoms with E-state index in [1.54, 1.807) is 0 Å². The number of amides is 1. The highest BCUT2D eigenvalue weighted by molar-refractivity contribution is 5.84. The van der Waals surface area contributed by atoms with Gasteiger partial charge in [-0.15, -0.1) is 0 Å². The first kappa shape index (κ1) is 16.1. The predicted octanol–water partition coefficient (Wildman–Crippen LogP) is 4.53. The molecule has 128 valence electrons. The summed E-state index contributed by atoms with van der Waals surface area (Å²) in [6.07, 6.45) is 4.63. The van der Waals surface area contributed by atoms with E-state index in [2.05, 4.69) is 74.5 Å². The number of hydrogen-bond acceptors (Lipinski definition) is 1. The number of rotatable bonds is 2. The summed E-state index contributed by atoms with van der Waals surface area (Å²) in [5.41, 5.74) is 3.73. The fourth-order valence-corrected chi connectivity index (χ4v) is 4.76. The van der Waals surface area contributed by atoms with Crippen molar-refractivity contribution >= 4 is 5.91 Å². The number of benzene rings is 2. The number of carbonyl (C=O) groups excluding carboxylic acids is 1. The van der Waals surface area contributed by atoms with Crippen LogP contribution in [-0.4, -0.2) is 24.4 Å². The minimum Gasteiger partial charge on any atom is -0.345 e. The summed E-state index contributed by atoms with van der Waals surface area (Å²) in [4.78, 5) is 15.0. The van der Waals surface area contributed by atoms with Gasteiger partial charge in [0.15, 0.2) is 0 Å². The van der Waals surface area contributed by atoms with Crippen LogP contribution in [0.2, 0.25) is 0 Å². The number of carbonyl (C=O) groups is 1. The molecule has 2 aromatic rings. The van der Waals surface area contributed by atoms with E-state index in [0.29, 0.717) is 0 Å². The van der Waals surface area contributed by atoms with Gasteiger partial charge in [-0.1, -0.05) is 79.2 Å². The van der Waals surface area contributed by atoms with E-state index in [-0.39, 0.29) is 29.1 Å². The number of likely N-dealkylation sites (tertiary alicyclic amines) is 1. The Hall–Kier alpha value is -2.35. The van der Waals surface area contributed by atoms with Crippen molar-refractivity contribution in [3.63, 3.8) is 0 Å². The highest BCUT2D eigenvalue weighted by atomic mass is 16.2. The third-order valence-corrected chi connectivity index (χ3v) is 6.01. The van der Waals surface area contributed by atoms with Gasteiger partial charge in [-0.3, -0.25) is 4.79 Å². The fraction of sp³-hybridized carbons (Fsp3) is 0.348. The van der Waals surface area contributed by atoms with Crippen LogP contribution in [0.3, 0.4) is 0 Å². The van der Waals surface area contributed by atoms with Crippen LogP contribution >= 0.6 is 0 Å². The molecule has 25 heavy (non-hydrogen) atoms. The second kappa shape index (κ2) is 5.87. The normalized spacial score (nSPS) is 31.2. The molecule has 2 heteroatoms.